The number of rotatable bonds is 6. The number of aromatic hydroxyl groups is 1. The monoisotopic (exact) mass is 561 g/mol. The summed E-state index contributed by atoms with van der Waals surface area (Å²) in [4.78, 5) is 42.4. The molecule has 1 amide bonds. The standard InChI is InChI=1S/C31H35N3O7/c1-33(2)13-15-6-5-7-16(8-15)21-11-18(14-34(3)4)20-10-17-9-19-12-22(35)25(30(32)40)29(39)31(19,41)28(38)23(17)27(37)24(20)26(21)36/h5-8,11,17,19,36-37,39,41H,9-10,12-14H2,1-4H3,(H2,32,40)/t17-,19+,31+/m1/s1. The average Bonchev–Trinajstić information content (AvgIpc) is 2.87. The van der Waals surface area contributed by atoms with Crippen LogP contribution in [0.5, 0.6) is 5.75 Å². The molecular weight excluding hydrogens is 526 g/mol. The maximum Gasteiger partial charge on any atom is 0.255 e. The predicted molar refractivity (Wildman–Crippen MR) is 152 cm³/mol. The fourth-order valence-corrected chi connectivity index (χ4v) is 6.67. The van der Waals surface area contributed by atoms with E-state index in [1.807, 2.05) is 68.3 Å². The number of carbonyl (C=O) groups excluding carboxylic acids is 3. The summed E-state index contributed by atoms with van der Waals surface area (Å²) in [6, 6.07) is 9.60. The van der Waals surface area contributed by atoms with Gasteiger partial charge < -0.3 is 36.0 Å². The average molecular weight is 562 g/mol. The maximum absolute atomic E-state index is 13.9. The topological polar surface area (TPSA) is 165 Å². The highest BCUT2D eigenvalue weighted by molar-refractivity contribution is 6.22. The van der Waals surface area contributed by atoms with Crippen molar-refractivity contribution in [2.45, 2.75) is 38.0 Å². The van der Waals surface area contributed by atoms with Crippen molar-refractivity contribution in [3.05, 3.63) is 69.5 Å². The van der Waals surface area contributed by atoms with Crippen molar-refractivity contribution in [2.24, 2.45) is 17.6 Å². The Morgan fingerprint density at radius 2 is 1.71 bits per heavy atom. The number of nitrogens with two attached hydrogens (primary N) is 1. The van der Waals surface area contributed by atoms with E-state index in [2.05, 4.69) is 0 Å². The number of benzene rings is 2. The van der Waals surface area contributed by atoms with Crippen LogP contribution in [0.25, 0.3) is 16.9 Å². The minimum Gasteiger partial charge on any atom is -0.508 e. The Hall–Kier alpha value is -3.99. The zero-order valence-electron chi connectivity index (χ0n) is 23.6. The van der Waals surface area contributed by atoms with E-state index in [-0.39, 0.29) is 36.1 Å². The summed E-state index contributed by atoms with van der Waals surface area (Å²) in [5.74, 6) is -6.33. The highest BCUT2D eigenvalue weighted by Crippen LogP contribution is 2.53. The van der Waals surface area contributed by atoms with Gasteiger partial charge >= 0.3 is 0 Å². The van der Waals surface area contributed by atoms with Crippen molar-refractivity contribution in [3.63, 3.8) is 0 Å². The molecule has 0 unspecified atom stereocenters. The van der Waals surface area contributed by atoms with Crippen molar-refractivity contribution in [1.82, 2.24) is 9.80 Å². The van der Waals surface area contributed by atoms with Gasteiger partial charge in [0.25, 0.3) is 5.91 Å². The van der Waals surface area contributed by atoms with E-state index in [0.717, 1.165) is 16.7 Å². The largest absolute Gasteiger partial charge is 0.508 e. The van der Waals surface area contributed by atoms with Crippen LogP contribution >= 0.6 is 0 Å². The minimum atomic E-state index is -2.59. The molecule has 41 heavy (non-hydrogen) atoms. The van der Waals surface area contributed by atoms with Gasteiger partial charge in [-0.3, -0.25) is 14.4 Å². The van der Waals surface area contributed by atoms with Crippen molar-refractivity contribution in [2.75, 3.05) is 28.2 Å². The first kappa shape index (κ1) is 28.5. The molecule has 0 bridgehead atoms. The third kappa shape index (κ3) is 4.52. The molecule has 1 fully saturated rings. The third-order valence-electron chi connectivity index (χ3n) is 8.38. The summed E-state index contributed by atoms with van der Waals surface area (Å²) in [5, 5.41) is 45.6. The second-order valence-electron chi connectivity index (χ2n) is 11.9. The number of aliphatic hydroxyl groups is 3. The first-order chi connectivity index (χ1) is 19.2. The number of primary amides is 1. The molecule has 0 spiro atoms. The molecule has 0 aliphatic heterocycles. The highest BCUT2D eigenvalue weighted by atomic mass is 16.3. The van der Waals surface area contributed by atoms with E-state index >= 15 is 0 Å². The fourth-order valence-electron chi connectivity index (χ4n) is 6.67. The molecule has 1 saturated carbocycles. The lowest BCUT2D eigenvalue weighted by Crippen LogP contribution is -2.58. The van der Waals surface area contributed by atoms with E-state index in [1.165, 1.54) is 0 Å². The summed E-state index contributed by atoms with van der Waals surface area (Å²) in [5.41, 5.74) is 5.61. The first-order valence-electron chi connectivity index (χ1n) is 13.5. The second kappa shape index (κ2) is 10.1. The quantitative estimate of drug-likeness (QED) is 0.333. The van der Waals surface area contributed by atoms with Crippen LogP contribution in [-0.4, -0.2) is 81.5 Å². The van der Waals surface area contributed by atoms with Gasteiger partial charge in [-0.25, -0.2) is 0 Å². The van der Waals surface area contributed by atoms with Crippen molar-refractivity contribution < 1.29 is 34.8 Å². The number of phenols is 1. The third-order valence-corrected chi connectivity index (χ3v) is 8.38. The summed E-state index contributed by atoms with van der Waals surface area (Å²) in [6.45, 7) is 1.18. The molecule has 6 N–H and O–H groups in total. The van der Waals surface area contributed by atoms with Gasteiger partial charge in [0.15, 0.2) is 11.4 Å². The van der Waals surface area contributed by atoms with Crippen LogP contribution in [0.3, 0.4) is 0 Å². The number of amides is 1. The first-order valence-corrected chi connectivity index (χ1v) is 13.5. The second-order valence-corrected chi connectivity index (χ2v) is 11.9. The Kier molecular flexibility index (Phi) is 7.05. The van der Waals surface area contributed by atoms with E-state index in [9.17, 15) is 34.8 Å². The molecule has 2 aromatic carbocycles. The van der Waals surface area contributed by atoms with Crippen molar-refractivity contribution in [3.8, 4) is 16.9 Å². The normalized spacial score (nSPS) is 24.1. The zero-order chi connectivity index (χ0) is 30.0. The van der Waals surface area contributed by atoms with Crippen LogP contribution in [0.15, 0.2) is 47.2 Å². The van der Waals surface area contributed by atoms with Gasteiger partial charge in [0.05, 0.1) is 5.56 Å². The Morgan fingerprint density at radius 1 is 1.02 bits per heavy atom. The number of carbonyl (C=O) groups is 3. The molecule has 5 rings (SSSR count). The van der Waals surface area contributed by atoms with E-state index < -0.39 is 52.0 Å². The van der Waals surface area contributed by atoms with Crippen LogP contribution in [0.1, 0.15) is 35.1 Å². The molecule has 3 atom stereocenters. The summed E-state index contributed by atoms with van der Waals surface area (Å²) < 4.78 is 0. The Morgan fingerprint density at radius 3 is 2.34 bits per heavy atom. The summed E-state index contributed by atoms with van der Waals surface area (Å²) in [7, 11) is 7.73. The predicted octanol–water partition coefficient (Wildman–Crippen LogP) is 2.21. The minimum absolute atomic E-state index is 0.0966. The molecule has 10 nitrogen and oxygen atoms in total. The summed E-state index contributed by atoms with van der Waals surface area (Å²) >= 11 is 0. The molecule has 3 aliphatic rings. The van der Waals surface area contributed by atoms with Gasteiger partial charge in [0.2, 0.25) is 5.78 Å². The van der Waals surface area contributed by atoms with Gasteiger partial charge in [-0.05, 0) is 81.3 Å². The summed E-state index contributed by atoms with van der Waals surface area (Å²) in [6.07, 6.45) is 0.0193. The number of hydrogen-bond donors (Lipinski definition) is 5. The number of fused-ring (bicyclic) bond motifs is 3. The smallest absolute Gasteiger partial charge is 0.255 e. The van der Waals surface area contributed by atoms with Crippen LogP contribution < -0.4 is 5.73 Å². The number of ketones is 2. The molecular formula is C31H35N3O7. The van der Waals surface area contributed by atoms with Gasteiger partial charge in [0, 0.05) is 36.6 Å². The fraction of sp³-hybridized carbons (Fsp3) is 0.387. The maximum atomic E-state index is 13.9. The van der Waals surface area contributed by atoms with E-state index in [4.69, 9.17) is 5.73 Å². The number of aliphatic hydroxyl groups excluding tert-OH is 2. The van der Waals surface area contributed by atoms with Crippen LogP contribution in [0.4, 0.5) is 0 Å². The molecule has 10 heteroatoms. The lowest BCUT2D eigenvalue weighted by atomic mass is 9.59. The zero-order valence-corrected chi connectivity index (χ0v) is 23.6. The molecule has 0 aromatic heterocycles. The lowest BCUT2D eigenvalue weighted by Gasteiger charge is -2.46. The number of nitrogens with zero attached hydrogens (tertiary/aromatic N) is 2. The van der Waals surface area contributed by atoms with Crippen LogP contribution in [0, 0.1) is 11.8 Å². The van der Waals surface area contributed by atoms with Crippen molar-refractivity contribution in [1.29, 1.82) is 0 Å². The Labute approximate surface area is 238 Å². The van der Waals surface area contributed by atoms with Crippen molar-refractivity contribution >= 4 is 23.2 Å². The van der Waals surface area contributed by atoms with Gasteiger partial charge in [-0.2, -0.15) is 0 Å². The molecule has 0 radical (unpaired) electrons. The molecule has 0 heterocycles. The lowest BCUT2D eigenvalue weighted by molar-refractivity contribution is -0.147. The molecule has 2 aromatic rings. The molecule has 216 valence electrons. The van der Waals surface area contributed by atoms with E-state index in [1.54, 1.807) is 0 Å². The SMILES string of the molecule is CN(C)Cc1cccc(-c2cc(CN(C)C)c3c(c2O)C(O)=C2C(=O)[C@]4(O)C(O)=C(C(N)=O)C(=O)C[C@@H]4C[C@@H]2C3)c1. The molecule has 0 saturated heterocycles. The van der Waals surface area contributed by atoms with E-state index in [0.29, 0.717) is 24.2 Å². The Balaban J connectivity index is 1.72. The van der Waals surface area contributed by atoms with Gasteiger partial charge in [-0.15, -0.1) is 0 Å². The number of hydrogen-bond acceptors (Lipinski definition) is 9. The number of Topliss-reactive ketones (excluding diaryl/α,β-unsaturated/α-hetero) is 2. The molecule has 3 aliphatic carbocycles. The highest BCUT2D eigenvalue weighted by Gasteiger charge is 2.60. The van der Waals surface area contributed by atoms with Gasteiger partial charge in [0.1, 0.15) is 22.8 Å². The Bertz CT molecular complexity index is 1550. The number of phenolic OH excluding ortho intramolecular Hbond substituents is 1. The van der Waals surface area contributed by atoms with Crippen LogP contribution in [-0.2, 0) is 33.9 Å². The van der Waals surface area contributed by atoms with Gasteiger partial charge in [-0.1, -0.05) is 18.2 Å². The van der Waals surface area contributed by atoms with Crippen LogP contribution in [0.2, 0.25) is 0 Å².